The third-order valence-electron chi connectivity index (χ3n) is 4.37. The largest absolute Gasteiger partial charge is 0.373 e. The number of rotatable bonds is 3. The van der Waals surface area contributed by atoms with Gasteiger partial charge in [-0.15, -0.1) is 0 Å². The van der Waals surface area contributed by atoms with Crippen LogP contribution in [0.4, 0.5) is 0 Å². The Morgan fingerprint density at radius 2 is 2.08 bits per heavy atom. The van der Waals surface area contributed by atoms with Gasteiger partial charge >= 0.3 is 0 Å². The summed E-state index contributed by atoms with van der Waals surface area (Å²) in [4.78, 5) is 22.2. The van der Waals surface area contributed by atoms with Crippen molar-refractivity contribution in [1.29, 1.82) is 0 Å². The average Bonchev–Trinajstić information content (AvgIpc) is 2.99. The minimum absolute atomic E-state index is 0.158. The Bertz CT molecular complexity index is 945. The third kappa shape index (κ3) is 3.20. The summed E-state index contributed by atoms with van der Waals surface area (Å²) >= 11 is 0. The van der Waals surface area contributed by atoms with E-state index in [-0.39, 0.29) is 11.2 Å². The lowest BCUT2D eigenvalue weighted by Gasteiger charge is -2.37. The molecule has 7 heteroatoms. The molecule has 1 aliphatic rings. The Morgan fingerprint density at radius 3 is 2.84 bits per heavy atom. The standard InChI is InChI=1S/C18H21N5O2/c1-18(2)12-22(8-9-25-18)11-15-20-16-14(17(24)21-15)10-19-23(16)13-6-4-3-5-7-13/h3-7,10H,8-9,11-12H2,1-2H3,(H,20,21,24). The van der Waals surface area contributed by atoms with Crippen molar-refractivity contribution < 1.29 is 4.74 Å². The Kier molecular flexibility index (Phi) is 3.89. The number of aromatic amines is 1. The molecule has 3 heterocycles. The van der Waals surface area contributed by atoms with Gasteiger partial charge in [-0.25, -0.2) is 9.67 Å². The van der Waals surface area contributed by atoms with Gasteiger partial charge in [0.25, 0.3) is 5.56 Å². The van der Waals surface area contributed by atoms with Gasteiger partial charge in [0.15, 0.2) is 5.65 Å². The summed E-state index contributed by atoms with van der Waals surface area (Å²) in [6.45, 7) is 7.03. The highest BCUT2D eigenvalue weighted by atomic mass is 16.5. The predicted octanol–water partition coefficient (Wildman–Crippen LogP) is 1.72. The Balaban J connectivity index is 1.70. The summed E-state index contributed by atoms with van der Waals surface area (Å²) in [5.74, 6) is 0.646. The first-order valence-corrected chi connectivity index (χ1v) is 8.40. The number of ether oxygens (including phenoxy) is 1. The molecule has 0 spiro atoms. The summed E-state index contributed by atoms with van der Waals surface area (Å²) in [6, 6.07) is 9.71. The number of hydrogen-bond donors (Lipinski definition) is 1. The second-order valence-electron chi connectivity index (χ2n) is 6.96. The fourth-order valence-corrected chi connectivity index (χ4v) is 3.26. The highest BCUT2D eigenvalue weighted by Crippen LogP contribution is 2.18. The summed E-state index contributed by atoms with van der Waals surface area (Å²) in [5, 5.41) is 4.83. The van der Waals surface area contributed by atoms with Gasteiger partial charge in [0.1, 0.15) is 11.2 Å². The average molecular weight is 339 g/mol. The molecule has 0 bridgehead atoms. The molecule has 1 fully saturated rings. The van der Waals surface area contributed by atoms with E-state index >= 15 is 0 Å². The number of aromatic nitrogens is 4. The molecule has 4 rings (SSSR count). The van der Waals surface area contributed by atoms with E-state index in [0.717, 1.165) is 18.8 Å². The van der Waals surface area contributed by atoms with Crippen molar-refractivity contribution in [1.82, 2.24) is 24.6 Å². The van der Waals surface area contributed by atoms with Crippen molar-refractivity contribution >= 4 is 11.0 Å². The molecule has 0 radical (unpaired) electrons. The molecule has 1 N–H and O–H groups in total. The van der Waals surface area contributed by atoms with E-state index < -0.39 is 0 Å². The van der Waals surface area contributed by atoms with Crippen LogP contribution < -0.4 is 5.56 Å². The van der Waals surface area contributed by atoms with Crippen molar-refractivity contribution in [2.75, 3.05) is 19.7 Å². The molecule has 0 unspecified atom stereocenters. The summed E-state index contributed by atoms with van der Waals surface area (Å²) in [7, 11) is 0. The van der Waals surface area contributed by atoms with Crippen LogP contribution in [-0.2, 0) is 11.3 Å². The van der Waals surface area contributed by atoms with Gasteiger partial charge in [-0.3, -0.25) is 9.69 Å². The zero-order chi connectivity index (χ0) is 17.4. The molecule has 0 atom stereocenters. The predicted molar refractivity (Wildman–Crippen MR) is 94.8 cm³/mol. The van der Waals surface area contributed by atoms with Crippen LogP contribution in [0.15, 0.2) is 41.3 Å². The van der Waals surface area contributed by atoms with Crippen LogP contribution in [0.1, 0.15) is 19.7 Å². The van der Waals surface area contributed by atoms with Gasteiger partial charge in [0.05, 0.1) is 30.6 Å². The highest BCUT2D eigenvalue weighted by molar-refractivity contribution is 5.75. The number of nitrogens with one attached hydrogen (secondary N) is 1. The van der Waals surface area contributed by atoms with E-state index in [2.05, 4.69) is 33.8 Å². The van der Waals surface area contributed by atoms with E-state index in [1.54, 1.807) is 10.9 Å². The first kappa shape index (κ1) is 16.0. The number of benzene rings is 1. The molecule has 0 aliphatic carbocycles. The molecule has 7 nitrogen and oxygen atoms in total. The minimum atomic E-state index is -0.186. The van der Waals surface area contributed by atoms with Crippen LogP contribution >= 0.6 is 0 Å². The molecule has 1 saturated heterocycles. The molecular weight excluding hydrogens is 318 g/mol. The number of nitrogens with zero attached hydrogens (tertiary/aromatic N) is 4. The lowest BCUT2D eigenvalue weighted by molar-refractivity contribution is -0.0887. The zero-order valence-electron chi connectivity index (χ0n) is 14.4. The van der Waals surface area contributed by atoms with Crippen molar-refractivity contribution in [2.24, 2.45) is 0 Å². The molecule has 1 aliphatic heterocycles. The highest BCUT2D eigenvalue weighted by Gasteiger charge is 2.27. The van der Waals surface area contributed by atoms with Crippen molar-refractivity contribution in [3.05, 3.63) is 52.7 Å². The van der Waals surface area contributed by atoms with Crippen LogP contribution in [0.5, 0.6) is 0 Å². The summed E-state index contributed by atoms with van der Waals surface area (Å²) in [5.41, 5.74) is 1.12. The molecule has 25 heavy (non-hydrogen) atoms. The number of morpholine rings is 1. The van der Waals surface area contributed by atoms with Crippen LogP contribution in [0.3, 0.4) is 0 Å². The zero-order valence-corrected chi connectivity index (χ0v) is 14.4. The smallest absolute Gasteiger partial charge is 0.262 e. The molecule has 0 amide bonds. The Labute approximate surface area is 145 Å². The number of fused-ring (bicyclic) bond motifs is 1. The van der Waals surface area contributed by atoms with E-state index in [9.17, 15) is 4.79 Å². The first-order chi connectivity index (χ1) is 12.0. The second kappa shape index (κ2) is 6.09. The maximum atomic E-state index is 12.4. The fourth-order valence-electron chi connectivity index (χ4n) is 3.26. The number of H-pyrrole nitrogens is 1. The lowest BCUT2D eigenvalue weighted by Crippen LogP contribution is -2.48. The fraction of sp³-hybridized carbons (Fsp3) is 0.389. The van der Waals surface area contributed by atoms with Crippen LogP contribution in [-0.4, -0.2) is 49.9 Å². The quantitative estimate of drug-likeness (QED) is 0.786. The maximum absolute atomic E-state index is 12.4. The molecule has 130 valence electrons. The van der Waals surface area contributed by atoms with Gasteiger partial charge in [0.2, 0.25) is 0 Å². The van der Waals surface area contributed by atoms with E-state index in [1.165, 1.54) is 0 Å². The maximum Gasteiger partial charge on any atom is 0.262 e. The lowest BCUT2D eigenvalue weighted by atomic mass is 10.1. The van der Waals surface area contributed by atoms with Crippen molar-refractivity contribution in [3.8, 4) is 5.69 Å². The molecule has 0 saturated carbocycles. The summed E-state index contributed by atoms with van der Waals surface area (Å²) in [6.07, 6.45) is 1.57. The normalized spacial score (nSPS) is 17.8. The van der Waals surface area contributed by atoms with E-state index in [0.29, 0.717) is 30.0 Å². The van der Waals surface area contributed by atoms with Crippen LogP contribution in [0.2, 0.25) is 0 Å². The van der Waals surface area contributed by atoms with Gasteiger partial charge in [0, 0.05) is 13.1 Å². The number of para-hydroxylation sites is 1. The number of hydrogen-bond acceptors (Lipinski definition) is 5. The SMILES string of the molecule is CC1(C)CN(Cc2nc3c(cnn3-c3ccccc3)c(=O)[nH]2)CCO1. The van der Waals surface area contributed by atoms with Gasteiger partial charge in [-0.2, -0.15) is 5.10 Å². The van der Waals surface area contributed by atoms with E-state index in [4.69, 9.17) is 4.74 Å². The monoisotopic (exact) mass is 339 g/mol. The van der Waals surface area contributed by atoms with E-state index in [1.807, 2.05) is 30.3 Å². The Morgan fingerprint density at radius 1 is 1.28 bits per heavy atom. The molecule has 1 aromatic carbocycles. The topological polar surface area (TPSA) is 76.0 Å². The second-order valence-corrected chi connectivity index (χ2v) is 6.96. The van der Waals surface area contributed by atoms with Crippen LogP contribution in [0, 0.1) is 0 Å². The minimum Gasteiger partial charge on any atom is -0.373 e. The first-order valence-electron chi connectivity index (χ1n) is 8.40. The van der Waals surface area contributed by atoms with Crippen molar-refractivity contribution in [2.45, 2.75) is 26.0 Å². The van der Waals surface area contributed by atoms with Gasteiger partial charge < -0.3 is 9.72 Å². The van der Waals surface area contributed by atoms with Crippen molar-refractivity contribution in [3.63, 3.8) is 0 Å². The third-order valence-corrected chi connectivity index (χ3v) is 4.37. The molecule has 3 aromatic rings. The van der Waals surface area contributed by atoms with Gasteiger partial charge in [-0.05, 0) is 26.0 Å². The molecule has 2 aromatic heterocycles. The van der Waals surface area contributed by atoms with Crippen LogP contribution in [0.25, 0.3) is 16.7 Å². The Hall–Kier alpha value is -2.51. The molecular formula is C18H21N5O2. The summed E-state index contributed by atoms with van der Waals surface area (Å²) < 4.78 is 7.45. The van der Waals surface area contributed by atoms with Gasteiger partial charge in [-0.1, -0.05) is 18.2 Å².